The van der Waals surface area contributed by atoms with E-state index in [0.717, 1.165) is 38.5 Å². The second-order valence-corrected chi connectivity index (χ2v) is 4.49. The fraction of sp³-hybridized carbons (Fsp3) is 0.818. The van der Waals surface area contributed by atoms with E-state index in [1.807, 2.05) is 0 Å². The third-order valence-electron chi connectivity index (χ3n) is 3.57. The molecule has 2 rings (SSSR count). The number of Topliss-reactive ketones (excluding diaryl/α,β-unsaturated/α-hetero) is 1. The minimum absolute atomic E-state index is 0.111. The summed E-state index contributed by atoms with van der Waals surface area (Å²) in [6, 6.07) is 0. The predicted molar refractivity (Wildman–Crippen MR) is 50.7 cm³/mol. The Balaban J connectivity index is 2.06. The molecule has 14 heavy (non-hydrogen) atoms. The molecule has 0 saturated heterocycles. The van der Waals surface area contributed by atoms with Crippen LogP contribution in [0.25, 0.3) is 0 Å². The lowest BCUT2D eigenvalue weighted by atomic mass is 9.83. The van der Waals surface area contributed by atoms with E-state index >= 15 is 0 Å². The van der Waals surface area contributed by atoms with Crippen molar-refractivity contribution in [1.29, 1.82) is 0 Å². The Kier molecular flexibility index (Phi) is 2.33. The molecular formula is C11H16O3. The Hall–Kier alpha value is -0.860. The molecule has 0 heterocycles. The van der Waals surface area contributed by atoms with E-state index in [0.29, 0.717) is 0 Å². The van der Waals surface area contributed by atoms with E-state index in [2.05, 4.69) is 0 Å². The van der Waals surface area contributed by atoms with Gasteiger partial charge in [0.15, 0.2) is 11.9 Å². The Labute approximate surface area is 83.8 Å². The minimum Gasteiger partial charge on any atom is -0.455 e. The molecule has 3 nitrogen and oxygen atoms in total. The molecule has 2 saturated carbocycles. The first kappa shape index (κ1) is 9.69. The van der Waals surface area contributed by atoms with Crippen molar-refractivity contribution in [3.05, 3.63) is 0 Å². The third-order valence-corrected chi connectivity index (χ3v) is 3.57. The largest absolute Gasteiger partial charge is 0.455 e. The number of esters is 1. The van der Waals surface area contributed by atoms with Crippen LogP contribution < -0.4 is 0 Å². The summed E-state index contributed by atoms with van der Waals surface area (Å²) in [4.78, 5) is 22.8. The molecule has 0 aromatic carbocycles. The highest BCUT2D eigenvalue weighted by atomic mass is 16.5. The lowest BCUT2D eigenvalue weighted by molar-refractivity contribution is -0.153. The second kappa shape index (κ2) is 3.37. The van der Waals surface area contributed by atoms with Crippen LogP contribution in [0.2, 0.25) is 0 Å². The lowest BCUT2D eigenvalue weighted by Gasteiger charge is -2.20. The molecule has 0 aromatic rings. The van der Waals surface area contributed by atoms with Crippen molar-refractivity contribution in [2.45, 2.75) is 51.6 Å². The molecule has 0 amide bonds. The van der Waals surface area contributed by atoms with Crippen LogP contribution in [0.4, 0.5) is 0 Å². The van der Waals surface area contributed by atoms with Crippen LogP contribution in [0.3, 0.4) is 0 Å². The number of rotatable bonds is 1. The molecule has 0 aliphatic heterocycles. The number of ether oxygens (including phenoxy) is 1. The van der Waals surface area contributed by atoms with Gasteiger partial charge >= 0.3 is 5.97 Å². The molecule has 0 N–H and O–H groups in total. The average Bonchev–Trinajstić information content (AvgIpc) is 2.69. The van der Waals surface area contributed by atoms with Gasteiger partial charge in [-0.1, -0.05) is 12.8 Å². The van der Waals surface area contributed by atoms with Gasteiger partial charge in [-0.3, -0.25) is 9.59 Å². The number of ketones is 1. The monoisotopic (exact) mass is 196 g/mol. The van der Waals surface area contributed by atoms with Gasteiger partial charge in [-0.05, 0) is 25.7 Å². The quantitative estimate of drug-likeness (QED) is 0.601. The molecule has 2 aliphatic rings. The minimum atomic E-state index is -0.439. The van der Waals surface area contributed by atoms with Gasteiger partial charge in [0.05, 0.1) is 0 Å². The first-order valence-corrected chi connectivity index (χ1v) is 5.36. The normalized spacial score (nSPS) is 29.8. The first-order valence-electron chi connectivity index (χ1n) is 5.36. The van der Waals surface area contributed by atoms with Crippen LogP contribution in [0, 0.1) is 5.41 Å². The van der Waals surface area contributed by atoms with Crippen LogP contribution in [0.1, 0.15) is 45.4 Å². The average molecular weight is 196 g/mol. The molecule has 2 aliphatic carbocycles. The van der Waals surface area contributed by atoms with Gasteiger partial charge in [-0.15, -0.1) is 0 Å². The molecule has 0 aromatic heterocycles. The number of hydrogen-bond donors (Lipinski definition) is 0. The smallest absolute Gasteiger partial charge is 0.303 e. The van der Waals surface area contributed by atoms with Crippen LogP contribution in [0.5, 0.6) is 0 Å². The zero-order chi connectivity index (χ0) is 10.2. The maximum Gasteiger partial charge on any atom is 0.303 e. The van der Waals surface area contributed by atoms with Crippen LogP contribution in [0.15, 0.2) is 0 Å². The van der Waals surface area contributed by atoms with E-state index < -0.39 is 6.10 Å². The highest BCUT2D eigenvalue weighted by Gasteiger charge is 2.50. The summed E-state index contributed by atoms with van der Waals surface area (Å²) in [7, 11) is 0. The summed E-state index contributed by atoms with van der Waals surface area (Å²) in [6.45, 7) is 1.37. The summed E-state index contributed by atoms with van der Waals surface area (Å²) in [5.74, 6) is -0.149. The van der Waals surface area contributed by atoms with Gasteiger partial charge in [0.25, 0.3) is 0 Å². The lowest BCUT2D eigenvalue weighted by Crippen LogP contribution is -2.30. The van der Waals surface area contributed by atoms with Crippen LogP contribution >= 0.6 is 0 Å². The fourth-order valence-corrected chi connectivity index (χ4v) is 2.86. The summed E-state index contributed by atoms with van der Waals surface area (Å²) in [5, 5.41) is 0. The van der Waals surface area contributed by atoms with Crippen molar-refractivity contribution < 1.29 is 14.3 Å². The van der Waals surface area contributed by atoms with Crippen molar-refractivity contribution in [3.63, 3.8) is 0 Å². The number of hydrogen-bond acceptors (Lipinski definition) is 3. The third kappa shape index (κ3) is 1.45. The highest BCUT2D eigenvalue weighted by molar-refractivity contribution is 5.92. The second-order valence-electron chi connectivity index (χ2n) is 4.49. The first-order chi connectivity index (χ1) is 6.64. The maximum atomic E-state index is 12.0. The van der Waals surface area contributed by atoms with Gasteiger partial charge in [-0.2, -0.15) is 0 Å². The van der Waals surface area contributed by atoms with E-state index in [9.17, 15) is 9.59 Å². The van der Waals surface area contributed by atoms with Gasteiger partial charge in [0.2, 0.25) is 0 Å². The standard InChI is InChI=1S/C11H16O3/c1-8(12)14-9-4-7-11(10(9)13)5-2-3-6-11/h9H,2-7H2,1H3. The Morgan fingerprint density at radius 1 is 1.36 bits per heavy atom. The Bertz CT molecular complexity index is 264. The van der Waals surface area contributed by atoms with E-state index in [1.54, 1.807) is 0 Å². The van der Waals surface area contributed by atoms with E-state index in [4.69, 9.17) is 4.74 Å². The van der Waals surface area contributed by atoms with E-state index in [-0.39, 0.29) is 17.2 Å². The summed E-state index contributed by atoms with van der Waals surface area (Å²) in [5.41, 5.74) is -0.111. The van der Waals surface area contributed by atoms with Crippen molar-refractivity contribution in [1.82, 2.24) is 0 Å². The molecular weight excluding hydrogens is 180 g/mol. The number of carbonyl (C=O) groups is 2. The fourth-order valence-electron chi connectivity index (χ4n) is 2.86. The SMILES string of the molecule is CC(=O)OC1CCC2(CCCC2)C1=O. The predicted octanol–water partition coefficient (Wildman–Crippen LogP) is 1.84. The molecule has 78 valence electrons. The zero-order valence-corrected chi connectivity index (χ0v) is 8.54. The molecule has 2 fully saturated rings. The Morgan fingerprint density at radius 3 is 2.57 bits per heavy atom. The Morgan fingerprint density at radius 2 is 2.00 bits per heavy atom. The molecule has 3 heteroatoms. The van der Waals surface area contributed by atoms with E-state index in [1.165, 1.54) is 6.92 Å². The summed E-state index contributed by atoms with van der Waals surface area (Å²) in [6.07, 6.45) is 5.53. The summed E-state index contributed by atoms with van der Waals surface area (Å²) < 4.78 is 5.02. The van der Waals surface area contributed by atoms with Gasteiger partial charge in [0, 0.05) is 12.3 Å². The van der Waals surface area contributed by atoms with Crippen LogP contribution in [-0.2, 0) is 14.3 Å². The van der Waals surface area contributed by atoms with Crippen molar-refractivity contribution >= 4 is 11.8 Å². The molecule has 0 bridgehead atoms. The van der Waals surface area contributed by atoms with Crippen molar-refractivity contribution in [2.24, 2.45) is 5.41 Å². The zero-order valence-electron chi connectivity index (χ0n) is 8.54. The van der Waals surface area contributed by atoms with Gasteiger partial charge in [0.1, 0.15) is 0 Å². The topological polar surface area (TPSA) is 43.4 Å². The number of carbonyl (C=O) groups excluding carboxylic acids is 2. The van der Waals surface area contributed by atoms with Crippen molar-refractivity contribution in [2.75, 3.05) is 0 Å². The highest BCUT2D eigenvalue weighted by Crippen LogP contribution is 2.48. The maximum absolute atomic E-state index is 12.0. The molecule has 1 atom stereocenters. The molecule has 1 spiro atoms. The van der Waals surface area contributed by atoms with Gasteiger partial charge < -0.3 is 4.74 Å². The summed E-state index contributed by atoms with van der Waals surface area (Å²) >= 11 is 0. The van der Waals surface area contributed by atoms with Crippen molar-refractivity contribution in [3.8, 4) is 0 Å². The molecule has 1 unspecified atom stereocenters. The van der Waals surface area contributed by atoms with Crippen LogP contribution in [-0.4, -0.2) is 17.9 Å². The van der Waals surface area contributed by atoms with Gasteiger partial charge in [-0.25, -0.2) is 0 Å². The molecule has 0 radical (unpaired) electrons.